The Morgan fingerprint density at radius 2 is 1.60 bits per heavy atom. The molecule has 30 heavy (non-hydrogen) atoms. The largest absolute Gasteiger partial charge is 0.353 e. The van der Waals surface area contributed by atoms with Crippen molar-refractivity contribution in [2.45, 2.75) is 63.1 Å². The van der Waals surface area contributed by atoms with Crippen molar-refractivity contribution in [3.05, 3.63) is 35.4 Å². The Bertz CT molecular complexity index is 758. The van der Waals surface area contributed by atoms with Crippen LogP contribution in [-0.4, -0.2) is 83.9 Å². The van der Waals surface area contributed by atoms with Crippen molar-refractivity contribution in [2.75, 3.05) is 39.3 Å². The summed E-state index contributed by atoms with van der Waals surface area (Å²) >= 11 is 0. The number of piperazine rings is 2. The molecule has 1 aromatic rings. The third-order valence-electron chi connectivity index (χ3n) is 7.75. The van der Waals surface area contributed by atoms with Gasteiger partial charge in [0.05, 0.1) is 12.5 Å². The molecular weight excluding hydrogens is 376 g/mol. The minimum absolute atomic E-state index is 0.0233. The number of carbonyl (C=O) groups excluding carboxylic acids is 2. The third-order valence-corrected chi connectivity index (χ3v) is 7.75. The van der Waals surface area contributed by atoms with E-state index in [9.17, 15) is 9.59 Å². The van der Waals surface area contributed by atoms with E-state index in [0.717, 1.165) is 51.6 Å². The van der Waals surface area contributed by atoms with E-state index in [4.69, 9.17) is 0 Å². The summed E-state index contributed by atoms with van der Waals surface area (Å²) in [6.45, 7) is 5.08. The highest BCUT2D eigenvalue weighted by molar-refractivity contribution is 5.89. The number of amides is 2. The summed E-state index contributed by atoms with van der Waals surface area (Å²) in [7, 11) is 0. The predicted octanol–water partition coefficient (Wildman–Crippen LogP) is 1.43. The minimum Gasteiger partial charge on any atom is -0.353 e. The van der Waals surface area contributed by atoms with Gasteiger partial charge in [-0.3, -0.25) is 19.4 Å². The van der Waals surface area contributed by atoms with E-state index in [0.29, 0.717) is 19.0 Å². The summed E-state index contributed by atoms with van der Waals surface area (Å²) in [5.74, 6) is 0.166. The fourth-order valence-corrected chi connectivity index (χ4v) is 6.05. The number of hydrogen-bond donors (Lipinski definition) is 1. The Kier molecular flexibility index (Phi) is 5.79. The average molecular weight is 411 g/mol. The molecule has 0 aromatic heterocycles. The lowest BCUT2D eigenvalue weighted by Crippen LogP contribution is -2.60. The zero-order chi connectivity index (χ0) is 20.5. The number of nitrogens with one attached hydrogen (secondary N) is 1. The van der Waals surface area contributed by atoms with E-state index in [2.05, 4.69) is 39.4 Å². The first kappa shape index (κ1) is 20.0. The first-order valence-corrected chi connectivity index (χ1v) is 11.8. The second-order valence-electron chi connectivity index (χ2n) is 9.43. The molecule has 2 aliphatic carbocycles. The highest BCUT2D eigenvalue weighted by atomic mass is 16.2. The van der Waals surface area contributed by atoms with E-state index in [1.807, 2.05) is 4.90 Å². The monoisotopic (exact) mass is 410 g/mol. The fraction of sp³-hybridized carbons (Fsp3) is 0.667. The minimum atomic E-state index is -0.335. The van der Waals surface area contributed by atoms with Crippen LogP contribution in [0.5, 0.6) is 0 Å². The van der Waals surface area contributed by atoms with Gasteiger partial charge in [0.1, 0.15) is 0 Å². The first-order valence-electron chi connectivity index (χ1n) is 11.8. The Morgan fingerprint density at radius 1 is 0.933 bits per heavy atom. The lowest BCUT2D eigenvalue weighted by atomic mass is 10.0. The summed E-state index contributed by atoms with van der Waals surface area (Å²) in [6.07, 6.45) is 7.59. The summed E-state index contributed by atoms with van der Waals surface area (Å²) in [5, 5.41) is 3.00. The van der Waals surface area contributed by atoms with Crippen molar-refractivity contribution in [1.82, 2.24) is 20.0 Å². The summed E-state index contributed by atoms with van der Waals surface area (Å²) in [5.41, 5.74) is 2.78. The Labute approximate surface area is 179 Å². The van der Waals surface area contributed by atoms with Crippen LogP contribution in [0.2, 0.25) is 0 Å². The quantitative estimate of drug-likeness (QED) is 0.816. The molecule has 0 spiro atoms. The molecule has 1 saturated carbocycles. The highest BCUT2D eigenvalue weighted by Gasteiger charge is 2.39. The number of carbonyl (C=O) groups is 2. The number of hydrogen-bond acceptors (Lipinski definition) is 4. The molecule has 1 N–H and O–H groups in total. The molecule has 2 heterocycles. The Balaban J connectivity index is 1.20. The summed E-state index contributed by atoms with van der Waals surface area (Å²) < 4.78 is 0. The summed E-state index contributed by atoms with van der Waals surface area (Å²) in [6, 6.07) is 9.30. The molecule has 0 bridgehead atoms. The molecule has 1 aromatic carbocycles. The van der Waals surface area contributed by atoms with Crippen LogP contribution in [0.25, 0.3) is 0 Å². The van der Waals surface area contributed by atoms with Crippen LogP contribution in [0.15, 0.2) is 24.3 Å². The predicted molar refractivity (Wildman–Crippen MR) is 116 cm³/mol. The number of rotatable bonds is 4. The van der Waals surface area contributed by atoms with Crippen molar-refractivity contribution >= 4 is 11.8 Å². The van der Waals surface area contributed by atoms with Gasteiger partial charge in [0, 0.05) is 51.4 Å². The van der Waals surface area contributed by atoms with Gasteiger partial charge in [-0.1, -0.05) is 37.1 Å². The van der Waals surface area contributed by atoms with Crippen molar-refractivity contribution in [3.63, 3.8) is 0 Å². The van der Waals surface area contributed by atoms with Crippen molar-refractivity contribution in [1.29, 1.82) is 0 Å². The van der Waals surface area contributed by atoms with Crippen LogP contribution in [0.4, 0.5) is 0 Å². The lowest BCUT2D eigenvalue weighted by molar-refractivity contribution is -0.141. The second kappa shape index (κ2) is 8.67. The van der Waals surface area contributed by atoms with E-state index < -0.39 is 0 Å². The van der Waals surface area contributed by atoms with Crippen LogP contribution in [0.1, 0.15) is 43.2 Å². The molecule has 2 saturated heterocycles. The number of benzene rings is 1. The maximum Gasteiger partial charge on any atom is 0.237 e. The maximum absolute atomic E-state index is 13.1. The summed E-state index contributed by atoms with van der Waals surface area (Å²) in [4.78, 5) is 32.7. The van der Waals surface area contributed by atoms with E-state index in [-0.39, 0.29) is 17.9 Å². The average Bonchev–Trinajstić information content (AvgIpc) is 3.45. The van der Waals surface area contributed by atoms with Gasteiger partial charge < -0.3 is 10.2 Å². The van der Waals surface area contributed by atoms with Gasteiger partial charge >= 0.3 is 0 Å². The molecule has 2 aliphatic heterocycles. The number of fused-ring (bicyclic) bond motifs is 1. The van der Waals surface area contributed by atoms with E-state index >= 15 is 0 Å². The second-order valence-corrected chi connectivity index (χ2v) is 9.43. The van der Waals surface area contributed by atoms with Gasteiger partial charge in [-0.05, 0) is 36.8 Å². The van der Waals surface area contributed by atoms with Crippen LogP contribution < -0.4 is 5.32 Å². The van der Waals surface area contributed by atoms with Gasteiger partial charge in [0.15, 0.2) is 0 Å². The van der Waals surface area contributed by atoms with Crippen LogP contribution in [-0.2, 0) is 22.4 Å². The normalized spacial score (nSPS) is 26.7. The topological polar surface area (TPSA) is 55.9 Å². The SMILES string of the molecule is O=C1NCCN(C2Cc3ccccc3C2)[C@H]1CC(=O)N1CCN(C2CCCC2)CC1. The molecule has 5 rings (SSSR count). The Hall–Kier alpha value is -1.92. The highest BCUT2D eigenvalue weighted by Crippen LogP contribution is 2.29. The fourth-order valence-electron chi connectivity index (χ4n) is 6.05. The zero-order valence-corrected chi connectivity index (χ0v) is 17.9. The van der Waals surface area contributed by atoms with Gasteiger partial charge in [-0.25, -0.2) is 0 Å². The van der Waals surface area contributed by atoms with E-state index in [1.54, 1.807) is 0 Å². The molecule has 1 atom stereocenters. The van der Waals surface area contributed by atoms with Gasteiger partial charge in [0.25, 0.3) is 0 Å². The molecule has 6 heteroatoms. The smallest absolute Gasteiger partial charge is 0.237 e. The number of nitrogens with zero attached hydrogens (tertiary/aromatic N) is 3. The van der Waals surface area contributed by atoms with Crippen LogP contribution >= 0.6 is 0 Å². The molecule has 6 nitrogen and oxygen atoms in total. The van der Waals surface area contributed by atoms with Gasteiger partial charge in [-0.2, -0.15) is 0 Å². The van der Waals surface area contributed by atoms with Crippen molar-refractivity contribution < 1.29 is 9.59 Å². The van der Waals surface area contributed by atoms with Crippen LogP contribution in [0.3, 0.4) is 0 Å². The van der Waals surface area contributed by atoms with Crippen molar-refractivity contribution in [2.24, 2.45) is 0 Å². The molecule has 0 unspecified atom stereocenters. The van der Waals surface area contributed by atoms with Gasteiger partial charge in [0.2, 0.25) is 11.8 Å². The molecule has 0 radical (unpaired) electrons. The molecule has 3 fully saturated rings. The zero-order valence-electron chi connectivity index (χ0n) is 17.9. The van der Waals surface area contributed by atoms with Crippen molar-refractivity contribution in [3.8, 4) is 0 Å². The van der Waals surface area contributed by atoms with E-state index in [1.165, 1.54) is 36.8 Å². The lowest BCUT2D eigenvalue weighted by Gasteiger charge is -2.41. The third kappa shape index (κ3) is 4.00. The first-order chi connectivity index (χ1) is 14.7. The molecule has 2 amide bonds. The van der Waals surface area contributed by atoms with Crippen LogP contribution in [0, 0.1) is 0 Å². The Morgan fingerprint density at radius 3 is 2.27 bits per heavy atom. The standard InChI is InChI=1S/C24H34N4O2/c29-23(27-13-11-26(12-14-27)20-7-3-4-8-20)17-22-24(30)25-9-10-28(22)21-15-18-5-1-2-6-19(18)16-21/h1-2,5-6,20-22H,3-4,7-17H2,(H,25,30)/t22-/m0/s1. The maximum atomic E-state index is 13.1. The van der Waals surface area contributed by atoms with Gasteiger partial charge in [-0.15, -0.1) is 0 Å². The molecule has 162 valence electrons. The molecule has 4 aliphatic rings. The molecular formula is C24H34N4O2.